The van der Waals surface area contributed by atoms with Gasteiger partial charge in [-0.1, -0.05) is 0 Å². The fraction of sp³-hybridized carbons (Fsp3) is 0. The Morgan fingerprint density at radius 3 is 1.14 bits per heavy atom. The molecular weight excluding hydrogens is 229 g/mol. The summed E-state index contributed by atoms with van der Waals surface area (Å²) >= 11 is -4.29. The first-order chi connectivity index (χ1) is 1.73. The fourth-order valence-corrected chi connectivity index (χ4v) is 0. The van der Waals surface area contributed by atoms with E-state index < -0.39 is 20.6 Å². The van der Waals surface area contributed by atoms with Crippen molar-refractivity contribution in [2.45, 2.75) is 0 Å². The molecule has 4 nitrogen and oxygen atoms in total. The number of hydrogen-bond acceptors (Lipinski definition) is 3. The molecule has 0 aliphatic carbocycles. The van der Waals surface area contributed by atoms with Crippen LogP contribution in [0, 0.1) is 0 Å². The average Bonchev–Trinajstić information content (AvgIpc) is 0.811. The Kier molecular flexibility index (Phi) is 51.2. The van der Waals surface area contributed by atoms with Crippen molar-refractivity contribution in [1.29, 1.82) is 0 Å². The van der Waals surface area contributed by atoms with Gasteiger partial charge in [0.2, 0.25) is 0 Å². The van der Waals surface area contributed by atoms with Gasteiger partial charge in [0.05, 0.1) is 0 Å². The van der Waals surface area contributed by atoms with E-state index in [4.69, 9.17) is 9.96 Å². The van der Waals surface area contributed by atoms with Crippen LogP contribution < -0.4 is 66.0 Å². The molecule has 7 heavy (non-hydrogen) atoms. The van der Waals surface area contributed by atoms with E-state index in [1.54, 1.807) is 0 Å². The maximum atomic E-state index is 8.61. The average molecular weight is 231 g/mol. The third-order valence-electron chi connectivity index (χ3n) is 0. The monoisotopic (exact) mass is 232 g/mol. The Bertz CT molecular complexity index is 32.7. The van der Waals surface area contributed by atoms with Gasteiger partial charge in [0.15, 0.2) is 0 Å². The Balaban J connectivity index is -0.0000000150. The first kappa shape index (κ1) is 22.7. The molecule has 32 valence electrons. The Hall–Kier alpha value is 2.48. The molecule has 0 spiro atoms. The van der Waals surface area contributed by atoms with Crippen molar-refractivity contribution in [2.75, 3.05) is 0 Å². The summed E-state index contributed by atoms with van der Waals surface area (Å²) in [6, 6.07) is 0. The van der Waals surface area contributed by atoms with Crippen LogP contribution in [-0.4, -0.2) is 26.1 Å². The fourth-order valence-electron chi connectivity index (χ4n) is 0. The molecule has 0 aliphatic rings. The van der Waals surface area contributed by atoms with Crippen LogP contribution in [0.4, 0.5) is 0 Å². The van der Waals surface area contributed by atoms with Crippen LogP contribution in [0.1, 0.15) is 0 Å². The quantitative estimate of drug-likeness (QED) is 0.387. The molecule has 0 atom stereocenters. The maximum absolute atomic E-state index is 8.61. The SMILES string of the molecule is O.[Na+].[Na+].[O]=[Sn]([O-])[O-]. The zero-order chi connectivity index (χ0) is 3.58. The normalized spacial score (nSPS) is 3.71. The van der Waals surface area contributed by atoms with Crippen molar-refractivity contribution in [2.24, 2.45) is 0 Å². The summed E-state index contributed by atoms with van der Waals surface area (Å²) in [7, 11) is 0. The molecule has 0 fully saturated rings. The van der Waals surface area contributed by atoms with Gasteiger partial charge < -0.3 is 5.48 Å². The van der Waals surface area contributed by atoms with Gasteiger partial charge in [0.1, 0.15) is 0 Å². The molecule has 0 saturated carbocycles. The second-order valence-electron chi connectivity index (χ2n) is 0.250. The molecule has 7 heteroatoms. The summed E-state index contributed by atoms with van der Waals surface area (Å²) in [4.78, 5) is 0. The second kappa shape index (κ2) is 15.8. The Morgan fingerprint density at radius 1 is 1.14 bits per heavy atom. The summed E-state index contributed by atoms with van der Waals surface area (Å²) in [5.41, 5.74) is 0. The van der Waals surface area contributed by atoms with Gasteiger partial charge >= 0.3 is 89.7 Å². The zero-order valence-electron chi connectivity index (χ0n) is 4.22. The molecule has 0 aromatic rings. The van der Waals surface area contributed by atoms with Crippen LogP contribution in [0.15, 0.2) is 0 Å². The van der Waals surface area contributed by atoms with E-state index in [-0.39, 0.29) is 64.6 Å². The Morgan fingerprint density at radius 2 is 1.14 bits per heavy atom. The molecule has 0 aromatic heterocycles. The predicted molar refractivity (Wildman–Crippen MR) is 10.1 cm³/mol. The standard InChI is InChI=1S/2Na.H2O.3O.Sn/h;;1H2;;;;/q2*+1;;;2*-1;. The van der Waals surface area contributed by atoms with Crippen LogP contribution in [0.3, 0.4) is 0 Å². The molecule has 0 heterocycles. The van der Waals surface area contributed by atoms with E-state index in [9.17, 15) is 0 Å². The van der Waals surface area contributed by atoms with E-state index in [1.165, 1.54) is 0 Å². The summed E-state index contributed by atoms with van der Waals surface area (Å²) in [5.74, 6) is 0. The van der Waals surface area contributed by atoms with E-state index in [1.807, 2.05) is 0 Å². The van der Waals surface area contributed by atoms with Crippen LogP contribution in [0.25, 0.3) is 0 Å². The van der Waals surface area contributed by atoms with Crippen LogP contribution in [0.5, 0.6) is 0 Å². The number of rotatable bonds is 0. The summed E-state index contributed by atoms with van der Waals surface area (Å²) in [6.45, 7) is 0. The Labute approximate surface area is 93.4 Å². The van der Waals surface area contributed by atoms with E-state index in [0.717, 1.165) is 0 Å². The zero-order valence-corrected chi connectivity index (χ0v) is 11.1. The van der Waals surface area contributed by atoms with Crippen LogP contribution >= 0.6 is 0 Å². The molecule has 0 unspecified atom stereocenters. The van der Waals surface area contributed by atoms with Crippen molar-refractivity contribution in [3.63, 3.8) is 0 Å². The van der Waals surface area contributed by atoms with E-state index in [2.05, 4.69) is 0 Å². The molecule has 0 aliphatic heterocycles. The summed E-state index contributed by atoms with van der Waals surface area (Å²) < 4.78 is 25.8. The molecule has 0 radical (unpaired) electrons. The predicted octanol–water partition coefficient (Wildman–Crippen LogP) is -9.69. The third kappa shape index (κ3) is 57.9. The van der Waals surface area contributed by atoms with Gasteiger partial charge in [-0.25, -0.2) is 0 Å². The minimum absolute atomic E-state index is 0. The second-order valence-corrected chi connectivity index (χ2v) is 1.68. The van der Waals surface area contributed by atoms with Crippen LogP contribution in [-0.2, 0) is 3.08 Å². The van der Waals surface area contributed by atoms with Crippen molar-refractivity contribution in [3.8, 4) is 0 Å². The third-order valence-corrected chi connectivity index (χ3v) is 0. The molecule has 2 N–H and O–H groups in total. The molecule has 0 bridgehead atoms. The first-order valence-corrected chi connectivity index (χ1v) is 4.11. The van der Waals surface area contributed by atoms with Gasteiger partial charge in [-0.2, -0.15) is 0 Å². The molecule has 0 aromatic carbocycles. The van der Waals surface area contributed by atoms with E-state index >= 15 is 0 Å². The van der Waals surface area contributed by atoms with Gasteiger partial charge in [-0.3, -0.25) is 0 Å². The van der Waals surface area contributed by atoms with Crippen molar-refractivity contribution in [3.05, 3.63) is 0 Å². The molecule has 0 saturated heterocycles. The summed E-state index contributed by atoms with van der Waals surface area (Å²) in [6.07, 6.45) is 0. The van der Waals surface area contributed by atoms with Crippen molar-refractivity contribution >= 4 is 20.6 Å². The van der Waals surface area contributed by atoms with Gasteiger partial charge in [-0.15, -0.1) is 0 Å². The van der Waals surface area contributed by atoms with Gasteiger partial charge in [0, 0.05) is 0 Å². The van der Waals surface area contributed by atoms with Gasteiger partial charge in [-0.05, 0) is 0 Å². The number of hydrogen-bond donors (Lipinski definition) is 0. The van der Waals surface area contributed by atoms with E-state index in [0.29, 0.717) is 0 Å². The van der Waals surface area contributed by atoms with Crippen molar-refractivity contribution < 1.29 is 74.6 Å². The molecule has 0 rings (SSSR count). The summed E-state index contributed by atoms with van der Waals surface area (Å²) in [5, 5.41) is 0. The molecule has 0 amide bonds. The van der Waals surface area contributed by atoms with Crippen LogP contribution in [0.2, 0.25) is 0 Å². The first-order valence-electron chi connectivity index (χ1n) is 0.612. The van der Waals surface area contributed by atoms with Gasteiger partial charge in [0.25, 0.3) is 0 Å². The topological polar surface area (TPSA) is 94.7 Å². The minimum atomic E-state index is -4.29. The molecular formula is H2Na2O4Sn. The van der Waals surface area contributed by atoms with Crippen molar-refractivity contribution in [1.82, 2.24) is 0 Å².